The first-order chi connectivity index (χ1) is 17.6. The van der Waals surface area contributed by atoms with E-state index in [1.165, 1.54) is 11.6 Å². The number of sulfone groups is 1. The number of nitrogens with two attached hydrogens (primary N) is 1. The zero-order chi connectivity index (χ0) is 26.7. The molecule has 1 aliphatic rings. The third-order valence-corrected chi connectivity index (χ3v) is 6.75. The number of anilines is 2. The molecule has 1 aliphatic heterocycles. The van der Waals surface area contributed by atoms with Crippen molar-refractivity contribution in [2.24, 2.45) is 12.8 Å². The monoisotopic (exact) mass is 526 g/mol. The van der Waals surface area contributed by atoms with Crippen LogP contribution in [0.4, 0.5) is 11.6 Å². The summed E-state index contributed by atoms with van der Waals surface area (Å²) in [5.74, 6) is 6.36. The summed E-state index contributed by atoms with van der Waals surface area (Å²) in [6.45, 7) is 2.89. The number of imidazole rings is 1. The lowest BCUT2D eigenvalue weighted by Gasteiger charge is -2.31. The van der Waals surface area contributed by atoms with Crippen molar-refractivity contribution in [2.45, 2.75) is 38.9 Å². The minimum Gasteiger partial charge on any atom is -0.357 e. The van der Waals surface area contributed by atoms with Gasteiger partial charge in [0.2, 0.25) is 5.95 Å². The average molecular weight is 527 g/mol. The Kier molecular flexibility index (Phi) is 7.51. The molecular formula is C24H30N8O4S. The molecule has 4 heterocycles. The van der Waals surface area contributed by atoms with Gasteiger partial charge in [-0.2, -0.15) is 4.98 Å². The highest BCUT2D eigenvalue weighted by atomic mass is 32.2. The van der Waals surface area contributed by atoms with Crippen LogP contribution in [0.3, 0.4) is 0 Å². The first kappa shape index (κ1) is 26.2. The molecule has 3 aromatic heterocycles. The number of pyridine rings is 1. The van der Waals surface area contributed by atoms with E-state index in [9.17, 15) is 18.0 Å². The van der Waals surface area contributed by atoms with Crippen LogP contribution in [0.5, 0.6) is 0 Å². The van der Waals surface area contributed by atoms with Crippen molar-refractivity contribution in [3.63, 3.8) is 0 Å². The Morgan fingerprint density at radius 1 is 1.27 bits per heavy atom. The van der Waals surface area contributed by atoms with E-state index in [2.05, 4.69) is 27.1 Å². The van der Waals surface area contributed by atoms with Crippen LogP contribution >= 0.6 is 0 Å². The SMILES string of the molecule is CC#CCn1c(N2CCCC(N)C2)nc2c1c(=O)n(C/C(=C\S(C)(=O)=O)Nc1ccncc1)c(=O)n2C. The van der Waals surface area contributed by atoms with Crippen LogP contribution in [0.15, 0.2) is 45.2 Å². The third-order valence-electron chi connectivity index (χ3n) is 6.04. The Morgan fingerprint density at radius 3 is 2.65 bits per heavy atom. The molecule has 12 nitrogen and oxygen atoms in total. The third kappa shape index (κ3) is 5.76. The highest BCUT2D eigenvalue weighted by molar-refractivity contribution is 7.93. The van der Waals surface area contributed by atoms with Crippen molar-refractivity contribution in [2.75, 3.05) is 29.6 Å². The summed E-state index contributed by atoms with van der Waals surface area (Å²) in [5.41, 5.74) is 6.12. The molecule has 1 fully saturated rings. The van der Waals surface area contributed by atoms with Crippen LogP contribution in [0.25, 0.3) is 11.2 Å². The van der Waals surface area contributed by atoms with Crippen molar-refractivity contribution in [1.29, 1.82) is 0 Å². The first-order valence-corrected chi connectivity index (χ1v) is 13.7. The molecule has 0 spiro atoms. The van der Waals surface area contributed by atoms with Gasteiger partial charge < -0.3 is 16.0 Å². The van der Waals surface area contributed by atoms with Gasteiger partial charge in [-0.15, -0.1) is 5.92 Å². The molecule has 1 saturated heterocycles. The van der Waals surface area contributed by atoms with Crippen molar-refractivity contribution in [3.05, 3.63) is 56.5 Å². The number of allylic oxidation sites excluding steroid dienone is 1. The molecule has 0 aliphatic carbocycles. The van der Waals surface area contributed by atoms with Crippen LogP contribution in [0.1, 0.15) is 19.8 Å². The molecule has 0 bridgehead atoms. The lowest BCUT2D eigenvalue weighted by atomic mass is 10.1. The molecule has 4 rings (SSSR count). The topological polar surface area (TPSA) is 150 Å². The summed E-state index contributed by atoms with van der Waals surface area (Å²) >= 11 is 0. The van der Waals surface area contributed by atoms with E-state index in [1.807, 2.05) is 4.90 Å². The van der Waals surface area contributed by atoms with Gasteiger partial charge in [0.25, 0.3) is 5.56 Å². The molecule has 1 atom stereocenters. The number of aromatic nitrogens is 5. The fourth-order valence-corrected chi connectivity index (χ4v) is 5.05. The summed E-state index contributed by atoms with van der Waals surface area (Å²) in [7, 11) is -2.06. The van der Waals surface area contributed by atoms with Crippen LogP contribution in [-0.2, 0) is 30.0 Å². The first-order valence-electron chi connectivity index (χ1n) is 11.8. The second kappa shape index (κ2) is 10.6. The fourth-order valence-electron chi connectivity index (χ4n) is 4.40. The lowest BCUT2D eigenvalue weighted by molar-refractivity contribution is 0.496. The van der Waals surface area contributed by atoms with E-state index < -0.39 is 21.1 Å². The van der Waals surface area contributed by atoms with Gasteiger partial charge in [0.15, 0.2) is 21.0 Å². The summed E-state index contributed by atoms with van der Waals surface area (Å²) < 4.78 is 28.2. The highest BCUT2D eigenvalue weighted by Crippen LogP contribution is 2.23. The van der Waals surface area contributed by atoms with E-state index in [0.29, 0.717) is 18.2 Å². The maximum Gasteiger partial charge on any atom is 0.332 e. The Bertz CT molecular complexity index is 1620. The molecule has 3 aromatic rings. The van der Waals surface area contributed by atoms with Crippen LogP contribution < -0.4 is 27.2 Å². The summed E-state index contributed by atoms with van der Waals surface area (Å²) in [4.78, 5) is 37.7. The molecule has 0 amide bonds. The van der Waals surface area contributed by atoms with Crippen LogP contribution in [0, 0.1) is 11.8 Å². The summed E-state index contributed by atoms with van der Waals surface area (Å²) in [6.07, 6.45) is 5.90. The van der Waals surface area contributed by atoms with Crippen LogP contribution in [-0.4, -0.2) is 57.5 Å². The molecule has 37 heavy (non-hydrogen) atoms. The Hall–Kier alpha value is -3.89. The van der Waals surface area contributed by atoms with Gasteiger partial charge in [-0.25, -0.2) is 13.2 Å². The number of nitrogens with one attached hydrogen (secondary N) is 1. The minimum atomic E-state index is -3.60. The molecule has 0 aromatic carbocycles. The zero-order valence-corrected chi connectivity index (χ0v) is 21.8. The van der Waals surface area contributed by atoms with E-state index in [1.54, 1.807) is 36.0 Å². The maximum absolute atomic E-state index is 13.8. The van der Waals surface area contributed by atoms with Gasteiger partial charge in [-0.05, 0) is 31.9 Å². The number of aryl methyl sites for hydroxylation is 1. The molecule has 1 unspecified atom stereocenters. The lowest BCUT2D eigenvalue weighted by Crippen LogP contribution is -2.44. The van der Waals surface area contributed by atoms with Crippen LogP contribution in [0.2, 0.25) is 0 Å². The van der Waals surface area contributed by atoms with Gasteiger partial charge in [0, 0.05) is 56.2 Å². The smallest absolute Gasteiger partial charge is 0.332 e. The molecule has 13 heteroatoms. The van der Waals surface area contributed by atoms with Crippen molar-refractivity contribution in [1.82, 2.24) is 23.7 Å². The number of hydrogen-bond acceptors (Lipinski definition) is 9. The summed E-state index contributed by atoms with van der Waals surface area (Å²) in [5, 5.41) is 3.99. The minimum absolute atomic E-state index is 0.0253. The number of fused-ring (bicyclic) bond motifs is 1. The number of nitrogens with zero attached hydrogens (tertiary/aromatic N) is 6. The van der Waals surface area contributed by atoms with Gasteiger partial charge in [-0.3, -0.25) is 23.5 Å². The standard InChI is InChI=1S/C24H30N8O4S/c1-4-5-13-31-20-21(28-23(31)30-12-6-7-17(25)14-30)29(2)24(34)32(22(20)33)15-19(16-37(3,35)36)27-18-8-10-26-11-9-18/h8-11,16-17H,6-7,12-15,25H2,1-3H3,(H,26,27)/b19-16+. The number of hydrogen-bond donors (Lipinski definition) is 2. The normalized spacial score (nSPS) is 16.5. The van der Waals surface area contributed by atoms with Gasteiger partial charge >= 0.3 is 5.69 Å². The fraction of sp³-hybridized carbons (Fsp3) is 0.417. The Balaban J connectivity index is 1.89. The highest BCUT2D eigenvalue weighted by Gasteiger charge is 2.26. The maximum atomic E-state index is 13.8. The molecule has 0 radical (unpaired) electrons. The van der Waals surface area contributed by atoms with Gasteiger partial charge in [0.1, 0.15) is 0 Å². The predicted molar refractivity (Wildman–Crippen MR) is 143 cm³/mol. The molecule has 0 saturated carbocycles. The quantitative estimate of drug-likeness (QED) is 0.413. The number of piperidine rings is 1. The summed E-state index contributed by atoms with van der Waals surface area (Å²) in [6, 6.07) is 3.27. The van der Waals surface area contributed by atoms with E-state index in [-0.39, 0.29) is 36.0 Å². The zero-order valence-electron chi connectivity index (χ0n) is 21.0. The van der Waals surface area contributed by atoms with E-state index in [0.717, 1.165) is 35.6 Å². The van der Waals surface area contributed by atoms with Gasteiger partial charge in [-0.1, -0.05) is 5.92 Å². The van der Waals surface area contributed by atoms with E-state index in [4.69, 9.17) is 5.73 Å². The van der Waals surface area contributed by atoms with Crippen molar-refractivity contribution in [3.8, 4) is 11.8 Å². The predicted octanol–water partition coefficient (Wildman–Crippen LogP) is 0.241. The average Bonchev–Trinajstić information content (AvgIpc) is 3.23. The molecule has 196 valence electrons. The largest absolute Gasteiger partial charge is 0.357 e. The second-order valence-corrected chi connectivity index (χ2v) is 10.9. The second-order valence-electron chi connectivity index (χ2n) is 9.01. The Morgan fingerprint density at radius 2 is 2.00 bits per heavy atom. The van der Waals surface area contributed by atoms with Gasteiger partial charge in [0.05, 0.1) is 18.5 Å². The van der Waals surface area contributed by atoms with Crippen molar-refractivity contribution < 1.29 is 8.42 Å². The molecular weight excluding hydrogens is 496 g/mol. The Labute approximate surface area is 214 Å². The van der Waals surface area contributed by atoms with Crippen molar-refractivity contribution >= 4 is 32.6 Å². The number of rotatable bonds is 7. The molecule has 3 N–H and O–H groups in total. The van der Waals surface area contributed by atoms with E-state index >= 15 is 0 Å².